The fraction of sp³-hybridized carbons (Fsp3) is 0.562. The number of nitrogens with two attached hydrogens (primary N) is 1. The Bertz CT molecular complexity index is 442. The predicted molar refractivity (Wildman–Crippen MR) is 79.8 cm³/mol. The summed E-state index contributed by atoms with van der Waals surface area (Å²) in [4.78, 5) is 10.9. The molecule has 0 spiro atoms. The molecule has 0 aromatic heterocycles. The molecule has 1 aliphatic carbocycles. The molecule has 1 fully saturated rings. The Hall–Kier alpha value is -1.55. The highest BCUT2D eigenvalue weighted by Crippen LogP contribution is 2.35. The van der Waals surface area contributed by atoms with Crippen molar-refractivity contribution in [3.8, 4) is 5.75 Å². The third-order valence-corrected chi connectivity index (χ3v) is 3.73. The summed E-state index contributed by atoms with van der Waals surface area (Å²) in [6.07, 6.45) is 3.63. The molecule has 0 saturated heterocycles. The molecule has 1 aliphatic rings. The van der Waals surface area contributed by atoms with Gasteiger partial charge in [-0.2, -0.15) is 0 Å². The number of hydrogen-bond acceptors (Lipinski definition) is 3. The van der Waals surface area contributed by atoms with Gasteiger partial charge in [0.25, 0.3) is 0 Å². The van der Waals surface area contributed by atoms with Gasteiger partial charge in [0.05, 0.1) is 12.6 Å². The lowest BCUT2D eigenvalue weighted by Crippen LogP contribution is -2.37. The standard InChI is InChI=1S/C16H24N2O2/c1-11(2)20-13-8-6-12(7-9-13)14-4-3-5-15(14)18-10-16(17)19/h6-9,11,14-15,18H,3-5,10H2,1-2H3,(H2,17,19). The molecule has 0 bridgehead atoms. The van der Waals surface area contributed by atoms with Crippen LogP contribution in [0.2, 0.25) is 0 Å². The van der Waals surface area contributed by atoms with E-state index in [2.05, 4.69) is 17.4 Å². The number of rotatable bonds is 6. The molecule has 1 aromatic rings. The molecule has 1 saturated carbocycles. The maximum absolute atomic E-state index is 10.9. The summed E-state index contributed by atoms with van der Waals surface area (Å²) in [7, 11) is 0. The van der Waals surface area contributed by atoms with Gasteiger partial charge in [0.15, 0.2) is 0 Å². The summed E-state index contributed by atoms with van der Waals surface area (Å²) in [6.45, 7) is 4.30. The van der Waals surface area contributed by atoms with Gasteiger partial charge < -0.3 is 15.8 Å². The second-order valence-corrected chi connectivity index (χ2v) is 5.73. The Morgan fingerprint density at radius 3 is 2.65 bits per heavy atom. The number of primary amides is 1. The van der Waals surface area contributed by atoms with Crippen LogP contribution >= 0.6 is 0 Å². The zero-order chi connectivity index (χ0) is 14.5. The number of hydrogen-bond donors (Lipinski definition) is 2. The summed E-state index contributed by atoms with van der Waals surface area (Å²) < 4.78 is 5.66. The van der Waals surface area contributed by atoms with Crippen molar-refractivity contribution < 1.29 is 9.53 Å². The lowest BCUT2D eigenvalue weighted by atomic mass is 9.94. The second-order valence-electron chi connectivity index (χ2n) is 5.73. The first kappa shape index (κ1) is 14.9. The lowest BCUT2D eigenvalue weighted by Gasteiger charge is -2.21. The fourth-order valence-electron chi connectivity index (χ4n) is 2.90. The number of nitrogens with one attached hydrogen (secondary N) is 1. The number of carbonyl (C=O) groups excluding carboxylic acids is 1. The van der Waals surface area contributed by atoms with E-state index in [1.54, 1.807) is 0 Å². The smallest absolute Gasteiger partial charge is 0.231 e. The minimum atomic E-state index is -0.295. The van der Waals surface area contributed by atoms with Crippen LogP contribution in [0.15, 0.2) is 24.3 Å². The molecule has 20 heavy (non-hydrogen) atoms. The van der Waals surface area contributed by atoms with Crippen molar-refractivity contribution in [3.63, 3.8) is 0 Å². The third-order valence-electron chi connectivity index (χ3n) is 3.73. The molecule has 2 atom stereocenters. The van der Waals surface area contributed by atoms with Crippen LogP contribution in [0.3, 0.4) is 0 Å². The molecule has 4 heteroatoms. The first-order valence-corrected chi connectivity index (χ1v) is 7.34. The van der Waals surface area contributed by atoms with Gasteiger partial charge in [-0.3, -0.25) is 4.79 Å². The second kappa shape index (κ2) is 6.75. The largest absolute Gasteiger partial charge is 0.491 e. The molecule has 0 radical (unpaired) electrons. The Balaban J connectivity index is 2.00. The minimum absolute atomic E-state index is 0.192. The molecule has 0 heterocycles. The summed E-state index contributed by atoms with van der Waals surface area (Å²) in [5, 5.41) is 3.27. The summed E-state index contributed by atoms with van der Waals surface area (Å²) in [5.74, 6) is 1.07. The van der Waals surface area contributed by atoms with E-state index in [0.717, 1.165) is 18.6 Å². The predicted octanol–water partition coefficient (Wildman–Crippen LogP) is 2.18. The molecule has 3 N–H and O–H groups in total. The van der Waals surface area contributed by atoms with Crippen LogP contribution < -0.4 is 15.8 Å². The van der Waals surface area contributed by atoms with Gasteiger partial charge in [-0.05, 0) is 50.3 Å². The van der Waals surface area contributed by atoms with Crippen molar-refractivity contribution in [2.24, 2.45) is 5.73 Å². The zero-order valence-electron chi connectivity index (χ0n) is 12.3. The fourth-order valence-corrected chi connectivity index (χ4v) is 2.90. The lowest BCUT2D eigenvalue weighted by molar-refractivity contribution is -0.117. The quantitative estimate of drug-likeness (QED) is 0.837. The van der Waals surface area contributed by atoms with Crippen LogP contribution in [0.4, 0.5) is 0 Å². The summed E-state index contributed by atoms with van der Waals surface area (Å²) in [5.41, 5.74) is 6.51. The molecular weight excluding hydrogens is 252 g/mol. The molecule has 110 valence electrons. The Morgan fingerprint density at radius 1 is 1.35 bits per heavy atom. The van der Waals surface area contributed by atoms with Crippen LogP contribution in [0.5, 0.6) is 5.75 Å². The van der Waals surface area contributed by atoms with Crippen LogP contribution in [0, 0.1) is 0 Å². The van der Waals surface area contributed by atoms with Crippen molar-refractivity contribution >= 4 is 5.91 Å². The number of amides is 1. The van der Waals surface area contributed by atoms with Gasteiger partial charge in [-0.1, -0.05) is 18.6 Å². The van der Waals surface area contributed by atoms with Crippen LogP contribution in [-0.4, -0.2) is 24.6 Å². The van der Waals surface area contributed by atoms with Crippen LogP contribution in [-0.2, 0) is 4.79 Å². The van der Waals surface area contributed by atoms with Crippen molar-refractivity contribution in [2.75, 3.05) is 6.54 Å². The van der Waals surface area contributed by atoms with Gasteiger partial charge in [0.1, 0.15) is 5.75 Å². The molecule has 1 aromatic carbocycles. The topological polar surface area (TPSA) is 64.3 Å². The van der Waals surface area contributed by atoms with E-state index in [1.165, 1.54) is 12.0 Å². The van der Waals surface area contributed by atoms with E-state index >= 15 is 0 Å². The monoisotopic (exact) mass is 276 g/mol. The van der Waals surface area contributed by atoms with E-state index < -0.39 is 0 Å². The van der Waals surface area contributed by atoms with Crippen LogP contribution in [0.25, 0.3) is 0 Å². The molecule has 4 nitrogen and oxygen atoms in total. The first-order chi connectivity index (χ1) is 9.56. The van der Waals surface area contributed by atoms with Gasteiger partial charge in [0, 0.05) is 6.04 Å². The molecule has 1 amide bonds. The van der Waals surface area contributed by atoms with E-state index in [1.807, 2.05) is 26.0 Å². The van der Waals surface area contributed by atoms with Gasteiger partial charge in [-0.25, -0.2) is 0 Å². The van der Waals surface area contributed by atoms with Gasteiger partial charge in [-0.15, -0.1) is 0 Å². The Morgan fingerprint density at radius 2 is 2.05 bits per heavy atom. The Labute approximate surface area is 120 Å². The zero-order valence-corrected chi connectivity index (χ0v) is 12.3. The average molecular weight is 276 g/mol. The number of carbonyl (C=O) groups is 1. The van der Waals surface area contributed by atoms with E-state index in [9.17, 15) is 4.79 Å². The van der Waals surface area contributed by atoms with Crippen LogP contribution in [0.1, 0.15) is 44.6 Å². The SMILES string of the molecule is CC(C)Oc1ccc(C2CCCC2NCC(N)=O)cc1. The average Bonchev–Trinajstić information content (AvgIpc) is 2.85. The maximum atomic E-state index is 10.9. The molecule has 2 unspecified atom stereocenters. The highest BCUT2D eigenvalue weighted by Gasteiger charge is 2.28. The van der Waals surface area contributed by atoms with Crippen molar-refractivity contribution in [2.45, 2.75) is 51.2 Å². The minimum Gasteiger partial charge on any atom is -0.491 e. The highest BCUT2D eigenvalue weighted by atomic mass is 16.5. The summed E-state index contributed by atoms with van der Waals surface area (Å²) >= 11 is 0. The van der Waals surface area contributed by atoms with Gasteiger partial charge >= 0.3 is 0 Å². The molecular formula is C16H24N2O2. The number of ether oxygens (including phenoxy) is 1. The maximum Gasteiger partial charge on any atom is 0.231 e. The number of benzene rings is 1. The summed E-state index contributed by atoms with van der Waals surface area (Å²) in [6, 6.07) is 8.66. The first-order valence-electron chi connectivity index (χ1n) is 7.34. The molecule has 2 rings (SSSR count). The van der Waals surface area contributed by atoms with Gasteiger partial charge in [0.2, 0.25) is 5.91 Å². The third kappa shape index (κ3) is 3.97. The molecule has 0 aliphatic heterocycles. The Kier molecular flexibility index (Phi) is 5.01. The van der Waals surface area contributed by atoms with Crippen molar-refractivity contribution in [1.29, 1.82) is 0 Å². The van der Waals surface area contributed by atoms with E-state index in [-0.39, 0.29) is 18.6 Å². The van der Waals surface area contributed by atoms with E-state index in [4.69, 9.17) is 10.5 Å². The normalized spacial score (nSPS) is 22.1. The van der Waals surface area contributed by atoms with Crippen molar-refractivity contribution in [3.05, 3.63) is 29.8 Å². The van der Waals surface area contributed by atoms with E-state index in [0.29, 0.717) is 12.0 Å². The van der Waals surface area contributed by atoms with Crippen molar-refractivity contribution in [1.82, 2.24) is 5.32 Å². The highest BCUT2D eigenvalue weighted by molar-refractivity contribution is 5.75.